The van der Waals surface area contributed by atoms with Gasteiger partial charge in [0, 0.05) is 13.0 Å². The second-order valence-corrected chi connectivity index (χ2v) is 7.11. The van der Waals surface area contributed by atoms with Crippen LogP contribution in [-0.2, 0) is 23.0 Å². The van der Waals surface area contributed by atoms with Gasteiger partial charge in [-0.3, -0.25) is 0 Å². The van der Waals surface area contributed by atoms with Gasteiger partial charge in [-0.2, -0.15) is 0 Å². The quantitative estimate of drug-likeness (QED) is 0.840. The van der Waals surface area contributed by atoms with Gasteiger partial charge in [0.1, 0.15) is 5.82 Å². The van der Waals surface area contributed by atoms with Crippen LogP contribution in [0.5, 0.6) is 0 Å². The van der Waals surface area contributed by atoms with Crippen molar-refractivity contribution in [3.8, 4) is 0 Å². The Hall–Kier alpha value is -0.950. The molecule has 0 saturated heterocycles. The lowest BCUT2D eigenvalue weighted by Gasteiger charge is -2.14. The van der Waals surface area contributed by atoms with Crippen molar-refractivity contribution >= 4 is 10.0 Å². The van der Waals surface area contributed by atoms with Crippen LogP contribution in [0.2, 0.25) is 0 Å². The molecule has 1 aliphatic rings. The first kappa shape index (κ1) is 15.4. The molecule has 0 radical (unpaired) electrons. The Bertz CT molecular complexity index is 531. The van der Waals surface area contributed by atoms with Gasteiger partial charge in [0.25, 0.3) is 15.2 Å². The SMILES string of the molecule is CCCn1c(CC2CCCCCC2)nnc1S(N)(=O)=O. The molecule has 1 aromatic rings. The number of nitrogens with zero attached hydrogens (tertiary/aromatic N) is 3. The lowest BCUT2D eigenvalue weighted by Crippen LogP contribution is -2.20. The fraction of sp³-hybridized carbons (Fsp3) is 0.846. The average molecular weight is 300 g/mol. The van der Waals surface area contributed by atoms with Crippen molar-refractivity contribution in [3.63, 3.8) is 0 Å². The molecule has 0 atom stereocenters. The molecule has 0 bridgehead atoms. The third-order valence-corrected chi connectivity index (χ3v) is 4.75. The first-order valence-corrected chi connectivity index (χ1v) is 9.02. The third-order valence-electron chi connectivity index (χ3n) is 3.94. The number of aromatic nitrogens is 3. The maximum absolute atomic E-state index is 11.5. The van der Waals surface area contributed by atoms with Gasteiger partial charge in [-0.1, -0.05) is 45.4 Å². The van der Waals surface area contributed by atoms with Gasteiger partial charge in [-0.05, 0) is 12.3 Å². The molecule has 0 aliphatic heterocycles. The van der Waals surface area contributed by atoms with Crippen LogP contribution in [0.15, 0.2) is 5.16 Å². The van der Waals surface area contributed by atoms with Gasteiger partial charge in [0.05, 0.1) is 0 Å². The van der Waals surface area contributed by atoms with E-state index in [2.05, 4.69) is 10.2 Å². The van der Waals surface area contributed by atoms with Crippen molar-refractivity contribution in [1.82, 2.24) is 14.8 Å². The molecule has 20 heavy (non-hydrogen) atoms. The van der Waals surface area contributed by atoms with E-state index < -0.39 is 10.0 Å². The molecule has 7 heteroatoms. The minimum atomic E-state index is -3.79. The number of hydrogen-bond acceptors (Lipinski definition) is 4. The Morgan fingerprint density at radius 1 is 1.20 bits per heavy atom. The molecule has 0 aromatic carbocycles. The minimum Gasteiger partial charge on any atom is -0.301 e. The lowest BCUT2D eigenvalue weighted by atomic mass is 9.96. The number of nitrogens with two attached hydrogens (primary N) is 1. The summed E-state index contributed by atoms with van der Waals surface area (Å²) in [6.07, 6.45) is 9.17. The summed E-state index contributed by atoms with van der Waals surface area (Å²) in [5, 5.41) is 13.0. The van der Waals surface area contributed by atoms with Crippen molar-refractivity contribution in [1.29, 1.82) is 0 Å². The highest BCUT2D eigenvalue weighted by Gasteiger charge is 2.23. The summed E-state index contributed by atoms with van der Waals surface area (Å²) >= 11 is 0. The van der Waals surface area contributed by atoms with Gasteiger partial charge in [0.2, 0.25) is 0 Å². The lowest BCUT2D eigenvalue weighted by molar-refractivity contribution is 0.432. The first-order chi connectivity index (χ1) is 9.52. The Labute approximate surface area is 120 Å². The number of hydrogen-bond donors (Lipinski definition) is 1. The zero-order valence-corrected chi connectivity index (χ0v) is 12.9. The molecule has 2 N–H and O–H groups in total. The maximum atomic E-state index is 11.5. The molecule has 1 aromatic heterocycles. The van der Waals surface area contributed by atoms with Gasteiger partial charge in [-0.25, -0.2) is 13.6 Å². The van der Waals surface area contributed by atoms with Crippen LogP contribution in [0.1, 0.15) is 57.7 Å². The molecule has 0 amide bonds. The van der Waals surface area contributed by atoms with E-state index in [4.69, 9.17) is 5.14 Å². The van der Waals surface area contributed by atoms with Gasteiger partial charge in [-0.15, -0.1) is 10.2 Å². The van der Waals surface area contributed by atoms with E-state index in [1.54, 1.807) is 4.57 Å². The Balaban J connectivity index is 2.20. The molecular weight excluding hydrogens is 276 g/mol. The van der Waals surface area contributed by atoms with E-state index in [1.807, 2.05) is 6.92 Å². The summed E-state index contributed by atoms with van der Waals surface area (Å²) in [7, 11) is -3.79. The molecular formula is C13H24N4O2S. The second-order valence-electron chi connectivity index (χ2n) is 5.66. The smallest absolute Gasteiger partial charge is 0.273 e. The highest BCUT2D eigenvalue weighted by Crippen LogP contribution is 2.26. The maximum Gasteiger partial charge on any atom is 0.273 e. The van der Waals surface area contributed by atoms with E-state index in [9.17, 15) is 8.42 Å². The molecule has 2 rings (SSSR count). The van der Waals surface area contributed by atoms with Crippen LogP contribution in [-0.4, -0.2) is 23.2 Å². The van der Waals surface area contributed by atoms with Gasteiger partial charge >= 0.3 is 0 Å². The van der Waals surface area contributed by atoms with Crippen molar-refractivity contribution < 1.29 is 8.42 Å². The van der Waals surface area contributed by atoms with Gasteiger partial charge < -0.3 is 4.57 Å². The molecule has 0 unspecified atom stereocenters. The number of sulfonamides is 1. The summed E-state index contributed by atoms with van der Waals surface area (Å²) in [4.78, 5) is 0. The molecule has 1 fully saturated rings. The Kier molecular flexibility index (Phi) is 5.15. The van der Waals surface area contributed by atoms with E-state index in [0.29, 0.717) is 12.5 Å². The van der Waals surface area contributed by atoms with Crippen molar-refractivity contribution in [2.45, 2.75) is 70.0 Å². The van der Waals surface area contributed by atoms with E-state index >= 15 is 0 Å². The van der Waals surface area contributed by atoms with E-state index in [0.717, 1.165) is 18.7 Å². The summed E-state index contributed by atoms with van der Waals surface area (Å²) in [5.74, 6) is 1.36. The summed E-state index contributed by atoms with van der Waals surface area (Å²) in [5.41, 5.74) is 0. The fourth-order valence-electron chi connectivity index (χ4n) is 2.95. The molecule has 1 aliphatic carbocycles. The standard InChI is InChI=1S/C13H24N4O2S/c1-2-9-17-12(15-16-13(17)20(14,18)19)10-11-7-5-3-4-6-8-11/h11H,2-10H2,1H3,(H2,14,18,19). The fourth-order valence-corrected chi connectivity index (χ4v) is 3.61. The molecule has 0 spiro atoms. The third kappa shape index (κ3) is 3.79. The molecule has 1 heterocycles. The minimum absolute atomic E-state index is 0.0945. The van der Waals surface area contributed by atoms with Crippen LogP contribution in [0.4, 0.5) is 0 Å². The largest absolute Gasteiger partial charge is 0.301 e. The van der Waals surface area contributed by atoms with Crippen molar-refractivity contribution in [2.24, 2.45) is 11.1 Å². The predicted molar refractivity (Wildman–Crippen MR) is 76.6 cm³/mol. The highest BCUT2D eigenvalue weighted by atomic mass is 32.2. The van der Waals surface area contributed by atoms with E-state index in [-0.39, 0.29) is 5.16 Å². The predicted octanol–water partition coefficient (Wildman–Crippen LogP) is 1.85. The molecule has 114 valence electrons. The van der Waals surface area contributed by atoms with Crippen molar-refractivity contribution in [3.05, 3.63) is 5.82 Å². The first-order valence-electron chi connectivity index (χ1n) is 7.47. The van der Waals surface area contributed by atoms with Crippen LogP contribution >= 0.6 is 0 Å². The normalized spacial score (nSPS) is 18.1. The average Bonchev–Trinajstić information content (AvgIpc) is 2.60. The van der Waals surface area contributed by atoms with Crippen LogP contribution in [0, 0.1) is 5.92 Å². The summed E-state index contributed by atoms with van der Waals surface area (Å²) in [6.45, 7) is 2.60. The topological polar surface area (TPSA) is 90.9 Å². The zero-order chi connectivity index (χ0) is 14.6. The van der Waals surface area contributed by atoms with E-state index in [1.165, 1.54) is 38.5 Å². The monoisotopic (exact) mass is 300 g/mol. The van der Waals surface area contributed by atoms with Crippen molar-refractivity contribution in [2.75, 3.05) is 0 Å². The second kappa shape index (κ2) is 6.67. The van der Waals surface area contributed by atoms with Crippen LogP contribution in [0.3, 0.4) is 0 Å². The number of rotatable bonds is 5. The summed E-state index contributed by atoms with van der Waals surface area (Å²) in [6, 6.07) is 0. The Morgan fingerprint density at radius 3 is 2.40 bits per heavy atom. The Morgan fingerprint density at radius 2 is 1.85 bits per heavy atom. The highest BCUT2D eigenvalue weighted by molar-refractivity contribution is 7.89. The van der Waals surface area contributed by atoms with Gasteiger partial charge in [0.15, 0.2) is 0 Å². The van der Waals surface area contributed by atoms with Crippen LogP contribution in [0.25, 0.3) is 0 Å². The zero-order valence-electron chi connectivity index (χ0n) is 12.1. The molecule has 6 nitrogen and oxygen atoms in total. The number of primary sulfonamides is 1. The summed E-state index contributed by atoms with van der Waals surface area (Å²) < 4.78 is 24.8. The molecule has 1 saturated carbocycles. The van der Waals surface area contributed by atoms with Crippen LogP contribution < -0.4 is 5.14 Å².